The van der Waals surface area contributed by atoms with Crippen LogP contribution in [0.15, 0.2) is 24.3 Å². The van der Waals surface area contributed by atoms with Gasteiger partial charge in [0.25, 0.3) is 0 Å². The Labute approximate surface area is 92.8 Å². The van der Waals surface area contributed by atoms with Gasteiger partial charge < -0.3 is 0 Å². The highest BCUT2D eigenvalue weighted by molar-refractivity contribution is 5.10. The van der Waals surface area contributed by atoms with Crippen LogP contribution in [-0.4, -0.2) is 18.2 Å². The number of allylic oxidation sites excluding steroid dienone is 4. The van der Waals surface area contributed by atoms with Crippen molar-refractivity contribution in [3.05, 3.63) is 24.3 Å². The molecule has 1 heterocycles. The smallest absolute Gasteiger partial charge is 0.0632 e. The minimum absolute atomic E-state index is 0.132. The first-order chi connectivity index (χ1) is 7.16. The molecular formula is C13H22N2. The van der Waals surface area contributed by atoms with Gasteiger partial charge in [0.1, 0.15) is 0 Å². The molecule has 0 radical (unpaired) electrons. The third-order valence-corrected chi connectivity index (χ3v) is 3.31. The van der Waals surface area contributed by atoms with Crippen LogP contribution in [0, 0.1) is 5.92 Å². The number of hydrogen-bond donors (Lipinski definition) is 2. The van der Waals surface area contributed by atoms with E-state index in [-0.39, 0.29) is 5.66 Å². The Morgan fingerprint density at radius 2 is 2.13 bits per heavy atom. The van der Waals surface area contributed by atoms with Crippen LogP contribution in [-0.2, 0) is 0 Å². The van der Waals surface area contributed by atoms with E-state index in [1.165, 1.54) is 19.3 Å². The molecule has 2 heteroatoms. The summed E-state index contributed by atoms with van der Waals surface area (Å²) in [6, 6.07) is 0.652. The van der Waals surface area contributed by atoms with Crippen LogP contribution in [0.1, 0.15) is 33.1 Å². The standard InChI is InChI=1S/C13H22N2/c1-13(2)14-10-12(15-13)9-8-11-6-4-3-5-7-11/h3-6,11-12,14-15H,7-10H2,1-2H3/t11?,12-/m0/s1. The van der Waals surface area contributed by atoms with Crippen molar-refractivity contribution in [3.63, 3.8) is 0 Å². The van der Waals surface area contributed by atoms with Crippen LogP contribution in [0.5, 0.6) is 0 Å². The zero-order valence-electron chi connectivity index (χ0n) is 9.79. The SMILES string of the molecule is CC1(C)NC[C@H](CCC2C=CC=CC2)N1. The van der Waals surface area contributed by atoms with E-state index < -0.39 is 0 Å². The highest BCUT2D eigenvalue weighted by atomic mass is 15.3. The van der Waals surface area contributed by atoms with E-state index in [0.29, 0.717) is 6.04 Å². The summed E-state index contributed by atoms with van der Waals surface area (Å²) < 4.78 is 0. The lowest BCUT2D eigenvalue weighted by atomic mass is 9.94. The molecule has 1 aliphatic carbocycles. The Morgan fingerprint density at radius 3 is 2.73 bits per heavy atom. The van der Waals surface area contributed by atoms with Gasteiger partial charge in [-0.15, -0.1) is 0 Å². The molecule has 0 spiro atoms. The van der Waals surface area contributed by atoms with Crippen molar-refractivity contribution < 1.29 is 0 Å². The van der Waals surface area contributed by atoms with Gasteiger partial charge in [0.2, 0.25) is 0 Å². The van der Waals surface area contributed by atoms with Crippen molar-refractivity contribution in [3.8, 4) is 0 Å². The van der Waals surface area contributed by atoms with Crippen LogP contribution < -0.4 is 10.6 Å². The lowest BCUT2D eigenvalue weighted by Crippen LogP contribution is -2.43. The molecule has 1 fully saturated rings. The minimum atomic E-state index is 0.132. The van der Waals surface area contributed by atoms with Gasteiger partial charge in [-0.2, -0.15) is 0 Å². The maximum Gasteiger partial charge on any atom is 0.0632 e. The van der Waals surface area contributed by atoms with Crippen molar-refractivity contribution in [2.24, 2.45) is 5.92 Å². The average Bonchev–Trinajstić information content (AvgIpc) is 2.57. The van der Waals surface area contributed by atoms with E-state index in [1.54, 1.807) is 0 Å². The first kappa shape index (κ1) is 10.9. The Hall–Kier alpha value is -0.600. The summed E-state index contributed by atoms with van der Waals surface area (Å²) in [5, 5.41) is 7.11. The molecule has 2 rings (SSSR count). The molecule has 15 heavy (non-hydrogen) atoms. The van der Waals surface area contributed by atoms with Crippen LogP contribution in [0.3, 0.4) is 0 Å². The summed E-state index contributed by atoms with van der Waals surface area (Å²) in [6.45, 7) is 5.52. The maximum absolute atomic E-state index is 3.62. The van der Waals surface area contributed by atoms with Gasteiger partial charge in [0.05, 0.1) is 5.66 Å². The predicted molar refractivity (Wildman–Crippen MR) is 64.6 cm³/mol. The number of hydrogen-bond acceptors (Lipinski definition) is 2. The summed E-state index contributed by atoms with van der Waals surface area (Å²) >= 11 is 0. The minimum Gasteiger partial charge on any atom is -0.298 e. The first-order valence-corrected chi connectivity index (χ1v) is 6.02. The largest absolute Gasteiger partial charge is 0.298 e. The van der Waals surface area contributed by atoms with Crippen LogP contribution in [0.4, 0.5) is 0 Å². The summed E-state index contributed by atoms with van der Waals surface area (Å²) in [7, 11) is 0. The highest BCUT2D eigenvalue weighted by Crippen LogP contribution is 2.20. The van der Waals surface area contributed by atoms with E-state index in [4.69, 9.17) is 0 Å². The van der Waals surface area contributed by atoms with Gasteiger partial charge >= 0.3 is 0 Å². The molecule has 1 unspecified atom stereocenters. The second-order valence-electron chi connectivity index (χ2n) is 5.23. The second-order valence-corrected chi connectivity index (χ2v) is 5.23. The molecule has 0 saturated carbocycles. The van der Waals surface area contributed by atoms with Crippen LogP contribution in [0.25, 0.3) is 0 Å². The van der Waals surface area contributed by atoms with Gasteiger partial charge in [-0.05, 0) is 39.0 Å². The molecule has 0 bridgehead atoms. The normalized spacial score (nSPS) is 33.5. The summed E-state index contributed by atoms with van der Waals surface area (Å²) in [5.74, 6) is 0.764. The molecule has 2 N–H and O–H groups in total. The highest BCUT2D eigenvalue weighted by Gasteiger charge is 2.28. The molecule has 84 valence electrons. The molecule has 0 aromatic carbocycles. The van der Waals surface area contributed by atoms with E-state index in [1.807, 2.05) is 0 Å². The Balaban J connectivity index is 1.70. The number of nitrogens with one attached hydrogen (secondary N) is 2. The molecule has 0 amide bonds. The van der Waals surface area contributed by atoms with E-state index in [9.17, 15) is 0 Å². The van der Waals surface area contributed by atoms with Gasteiger partial charge in [0.15, 0.2) is 0 Å². The Kier molecular flexibility index (Phi) is 3.27. The fraction of sp³-hybridized carbons (Fsp3) is 0.692. The fourth-order valence-electron chi connectivity index (χ4n) is 2.43. The average molecular weight is 206 g/mol. The third kappa shape index (κ3) is 3.18. The van der Waals surface area contributed by atoms with Crippen molar-refractivity contribution >= 4 is 0 Å². The summed E-state index contributed by atoms with van der Waals surface area (Å²) in [5.41, 5.74) is 0.132. The van der Waals surface area contributed by atoms with Gasteiger partial charge in [-0.25, -0.2) is 0 Å². The van der Waals surface area contributed by atoms with E-state index in [2.05, 4.69) is 48.8 Å². The van der Waals surface area contributed by atoms with Crippen LogP contribution in [0.2, 0.25) is 0 Å². The van der Waals surface area contributed by atoms with Gasteiger partial charge in [0, 0.05) is 12.6 Å². The van der Waals surface area contributed by atoms with Crippen LogP contribution >= 0.6 is 0 Å². The molecular weight excluding hydrogens is 184 g/mol. The second kappa shape index (κ2) is 4.50. The fourth-order valence-corrected chi connectivity index (χ4v) is 2.43. The van der Waals surface area contributed by atoms with Crippen molar-refractivity contribution in [1.82, 2.24) is 10.6 Å². The zero-order chi connectivity index (χ0) is 10.7. The Morgan fingerprint density at radius 1 is 1.27 bits per heavy atom. The van der Waals surface area contributed by atoms with Crippen molar-refractivity contribution in [2.75, 3.05) is 6.54 Å². The molecule has 1 aliphatic heterocycles. The number of rotatable bonds is 3. The third-order valence-electron chi connectivity index (χ3n) is 3.31. The Bertz CT molecular complexity index is 266. The van der Waals surface area contributed by atoms with Gasteiger partial charge in [-0.1, -0.05) is 24.3 Å². The van der Waals surface area contributed by atoms with E-state index in [0.717, 1.165) is 12.5 Å². The molecule has 2 atom stereocenters. The maximum atomic E-state index is 3.62. The summed E-state index contributed by atoms with van der Waals surface area (Å²) in [6.07, 6.45) is 12.7. The molecule has 0 aromatic heterocycles. The van der Waals surface area contributed by atoms with Crippen molar-refractivity contribution in [2.45, 2.75) is 44.8 Å². The molecule has 2 nitrogen and oxygen atoms in total. The molecule has 0 aromatic rings. The summed E-state index contributed by atoms with van der Waals surface area (Å²) in [4.78, 5) is 0. The molecule has 2 aliphatic rings. The van der Waals surface area contributed by atoms with E-state index >= 15 is 0 Å². The lowest BCUT2D eigenvalue weighted by molar-refractivity contribution is 0.379. The first-order valence-electron chi connectivity index (χ1n) is 6.02. The monoisotopic (exact) mass is 206 g/mol. The zero-order valence-corrected chi connectivity index (χ0v) is 9.79. The molecule has 1 saturated heterocycles. The topological polar surface area (TPSA) is 24.1 Å². The van der Waals surface area contributed by atoms with Crippen molar-refractivity contribution in [1.29, 1.82) is 0 Å². The quantitative estimate of drug-likeness (QED) is 0.739. The van der Waals surface area contributed by atoms with Gasteiger partial charge in [-0.3, -0.25) is 10.6 Å². The lowest BCUT2D eigenvalue weighted by Gasteiger charge is -2.20. The predicted octanol–water partition coefficient (Wildman–Crippen LogP) is 2.20.